The van der Waals surface area contributed by atoms with E-state index in [9.17, 15) is 9.59 Å². The minimum Gasteiger partial charge on any atom is -0.497 e. The van der Waals surface area contributed by atoms with E-state index in [-0.39, 0.29) is 11.3 Å². The number of unbranched alkanes of at least 4 members (excludes halogenated alkanes) is 6. The number of hydrogen-bond acceptors (Lipinski definition) is 5. The van der Waals surface area contributed by atoms with E-state index in [1.54, 1.807) is 11.7 Å². The Morgan fingerprint density at radius 3 is 2.30 bits per heavy atom. The first-order valence-electron chi connectivity index (χ1n) is 11.1. The number of ether oxygens (including phenoxy) is 3. The lowest BCUT2D eigenvalue weighted by atomic mass is 10.1. The van der Waals surface area contributed by atoms with Crippen LogP contribution in [0.2, 0.25) is 0 Å². The molecule has 6 nitrogen and oxygen atoms in total. The van der Waals surface area contributed by atoms with E-state index in [1.807, 2.05) is 18.2 Å². The molecule has 0 spiro atoms. The summed E-state index contributed by atoms with van der Waals surface area (Å²) in [4.78, 5) is 25.0. The van der Waals surface area contributed by atoms with Crippen LogP contribution >= 0.6 is 0 Å². The van der Waals surface area contributed by atoms with Gasteiger partial charge in [0.2, 0.25) is 5.75 Å². The van der Waals surface area contributed by atoms with E-state index in [2.05, 4.69) is 13.8 Å². The zero-order valence-corrected chi connectivity index (χ0v) is 18.8. The number of hydrogen-bond donors (Lipinski definition) is 0. The topological polar surface area (TPSA) is 66.8 Å². The van der Waals surface area contributed by atoms with Gasteiger partial charge in [-0.1, -0.05) is 52.4 Å². The first-order valence-corrected chi connectivity index (χ1v) is 11.1. The third-order valence-electron chi connectivity index (χ3n) is 5.11. The second-order valence-corrected chi connectivity index (χ2v) is 7.56. The van der Waals surface area contributed by atoms with E-state index in [4.69, 9.17) is 14.2 Å². The predicted octanol–water partition coefficient (Wildman–Crippen LogP) is 5.47. The number of pyridine rings is 1. The molecule has 1 aromatic carbocycles. The van der Waals surface area contributed by atoms with E-state index in [0.29, 0.717) is 24.7 Å². The summed E-state index contributed by atoms with van der Waals surface area (Å²) in [6.45, 7) is 6.62. The fourth-order valence-corrected chi connectivity index (χ4v) is 3.50. The Labute approximate surface area is 179 Å². The van der Waals surface area contributed by atoms with Crippen LogP contribution in [0.25, 0.3) is 10.9 Å². The molecule has 0 radical (unpaired) electrons. The number of benzene rings is 1. The smallest absolute Gasteiger partial charge is 0.308 e. The number of carbonyl (C=O) groups is 1. The Morgan fingerprint density at radius 1 is 0.967 bits per heavy atom. The van der Waals surface area contributed by atoms with Crippen LogP contribution in [0.15, 0.2) is 23.0 Å². The SMILES string of the molecule is CCCCCCOc1c(OC(C)=O)c(=O)n(CCCCCC)c2cc(OC)ccc12. The van der Waals surface area contributed by atoms with Gasteiger partial charge in [0.1, 0.15) is 5.75 Å². The molecule has 0 fully saturated rings. The highest BCUT2D eigenvalue weighted by atomic mass is 16.6. The maximum atomic E-state index is 13.3. The average Bonchev–Trinajstić information content (AvgIpc) is 2.74. The van der Waals surface area contributed by atoms with Crippen molar-refractivity contribution in [2.75, 3.05) is 13.7 Å². The highest BCUT2D eigenvalue weighted by molar-refractivity contribution is 5.90. The monoisotopic (exact) mass is 417 g/mol. The summed E-state index contributed by atoms with van der Waals surface area (Å²) < 4.78 is 18.4. The molecule has 166 valence electrons. The molecule has 2 aromatic rings. The number of rotatable bonds is 13. The number of nitrogens with zero attached hydrogens (tertiary/aromatic N) is 1. The second kappa shape index (κ2) is 12.3. The molecule has 0 amide bonds. The zero-order chi connectivity index (χ0) is 21.9. The van der Waals surface area contributed by atoms with Gasteiger partial charge in [-0.15, -0.1) is 0 Å². The molecule has 0 aliphatic carbocycles. The lowest BCUT2D eigenvalue weighted by Crippen LogP contribution is -2.25. The van der Waals surface area contributed by atoms with Crippen molar-refractivity contribution in [3.63, 3.8) is 0 Å². The third-order valence-corrected chi connectivity index (χ3v) is 5.11. The lowest BCUT2D eigenvalue weighted by molar-refractivity contribution is -0.132. The predicted molar refractivity (Wildman–Crippen MR) is 120 cm³/mol. The van der Waals surface area contributed by atoms with Crippen LogP contribution in [0.5, 0.6) is 17.2 Å². The molecule has 6 heteroatoms. The number of aryl methyl sites for hydroxylation is 1. The summed E-state index contributed by atoms with van der Waals surface area (Å²) in [7, 11) is 1.60. The van der Waals surface area contributed by atoms with Crippen molar-refractivity contribution in [2.24, 2.45) is 0 Å². The molecule has 0 unspecified atom stereocenters. The van der Waals surface area contributed by atoms with Gasteiger partial charge in [0.15, 0.2) is 5.75 Å². The summed E-state index contributed by atoms with van der Waals surface area (Å²) in [6, 6.07) is 5.54. The summed E-state index contributed by atoms with van der Waals surface area (Å²) in [5.41, 5.74) is 0.390. The van der Waals surface area contributed by atoms with Crippen LogP contribution < -0.4 is 19.8 Å². The molecule has 0 N–H and O–H groups in total. The summed E-state index contributed by atoms with van der Waals surface area (Å²) in [6.07, 6.45) is 8.35. The Hall–Kier alpha value is -2.50. The number of fused-ring (bicyclic) bond motifs is 1. The molecule has 0 aliphatic rings. The first kappa shape index (κ1) is 23.8. The van der Waals surface area contributed by atoms with Crippen molar-refractivity contribution in [1.29, 1.82) is 0 Å². The van der Waals surface area contributed by atoms with Gasteiger partial charge in [0.05, 0.1) is 19.2 Å². The normalized spacial score (nSPS) is 10.9. The van der Waals surface area contributed by atoms with E-state index < -0.39 is 5.97 Å². The van der Waals surface area contributed by atoms with Gasteiger partial charge in [0.25, 0.3) is 5.56 Å². The average molecular weight is 418 g/mol. The maximum Gasteiger partial charge on any atom is 0.308 e. The zero-order valence-electron chi connectivity index (χ0n) is 18.8. The minimum atomic E-state index is -0.534. The van der Waals surface area contributed by atoms with Crippen LogP contribution in [-0.4, -0.2) is 24.3 Å². The van der Waals surface area contributed by atoms with Crippen LogP contribution in [0, 0.1) is 0 Å². The highest BCUT2D eigenvalue weighted by Crippen LogP contribution is 2.35. The quantitative estimate of drug-likeness (QED) is 0.319. The van der Waals surface area contributed by atoms with Crippen LogP contribution in [-0.2, 0) is 11.3 Å². The molecule has 0 atom stereocenters. The fourth-order valence-electron chi connectivity index (χ4n) is 3.50. The number of aromatic nitrogens is 1. The molecule has 2 rings (SSSR count). The van der Waals surface area contributed by atoms with Crippen molar-refractivity contribution in [3.8, 4) is 17.2 Å². The van der Waals surface area contributed by atoms with Gasteiger partial charge >= 0.3 is 5.97 Å². The molecule has 0 saturated carbocycles. The van der Waals surface area contributed by atoms with Crippen LogP contribution in [0.4, 0.5) is 0 Å². The molecular formula is C24H35NO5. The van der Waals surface area contributed by atoms with E-state index in [0.717, 1.165) is 62.3 Å². The van der Waals surface area contributed by atoms with Crippen molar-refractivity contribution in [3.05, 3.63) is 28.6 Å². The minimum absolute atomic E-state index is 0.0221. The Morgan fingerprint density at radius 2 is 1.67 bits per heavy atom. The van der Waals surface area contributed by atoms with Gasteiger partial charge < -0.3 is 18.8 Å². The van der Waals surface area contributed by atoms with Crippen molar-refractivity contribution >= 4 is 16.9 Å². The Kier molecular flexibility index (Phi) is 9.71. The molecule has 0 aliphatic heterocycles. The molecular weight excluding hydrogens is 382 g/mol. The standard InChI is InChI=1S/C24H35NO5/c1-5-7-9-11-15-25-21-17-19(28-4)13-14-20(21)22(29-16-12-10-8-6-2)23(24(25)27)30-18(3)26/h13-14,17H,5-12,15-16H2,1-4H3. The van der Waals surface area contributed by atoms with Gasteiger partial charge in [0, 0.05) is 24.9 Å². The fraction of sp³-hybridized carbons (Fsp3) is 0.583. The van der Waals surface area contributed by atoms with Crippen LogP contribution in [0.1, 0.15) is 72.1 Å². The number of carbonyl (C=O) groups excluding carboxylic acids is 1. The van der Waals surface area contributed by atoms with Crippen molar-refractivity contribution in [2.45, 2.75) is 78.7 Å². The second-order valence-electron chi connectivity index (χ2n) is 7.56. The van der Waals surface area contributed by atoms with Gasteiger partial charge in [-0.2, -0.15) is 0 Å². The first-order chi connectivity index (χ1) is 14.5. The Bertz CT molecular complexity index is 887. The van der Waals surface area contributed by atoms with Crippen molar-refractivity contribution < 1.29 is 19.0 Å². The van der Waals surface area contributed by atoms with E-state index in [1.165, 1.54) is 6.92 Å². The lowest BCUT2D eigenvalue weighted by Gasteiger charge is -2.18. The largest absolute Gasteiger partial charge is 0.497 e. The molecule has 0 saturated heterocycles. The van der Waals surface area contributed by atoms with Gasteiger partial charge in [-0.3, -0.25) is 9.59 Å². The van der Waals surface area contributed by atoms with Crippen LogP contribution in [0.3, 0.4) is 0 Å². The number of methoxy groups -OCH3 is 1. The third kappa shape index (κ3) is 6.25. The van der Waals surface area contributed by atoms with Gasteiger partial charge in [-0.25, -0.2) is 0 Å². The number of esters is 1. The molecule has 30 heavy (non-hydrogen) atoms. The molecule has 1 heterocycles. The highest BCUT2D eigenvalue weighted by Gasteiger charge is 2.21. The molecule has 0 bridgehead atoms. The van der Waals surface area contributed by atoms with E-state index >= 15 is 0 Å². The summed E-state index contributed by atoms with van der Waals surface area (Å²) in [5.74, 6) is 0.451. The maximum absolute atomic E-state index is 13.3. The van der Waals surface area contributed by atoms with Crippen molar-refractivity contribution in [1.82, 2.24) is 4.57 Å². The Balaban J connectivity index is 2.52. The summed E-state index contributed by atoms with van der Waals surface area (Å²) >= 11 is 0. The van der Waals surface area contributed by atoms with Gasteiger partial charge in [-0.05, 0) is 25.0 Å². The summed E-state index contributed by atoms with van der Waals surface area (Å²) in [5, 5.41) is 0.748. The molecule has 1 aromatic heterocycles.